The summed E-state index contributed by atoms with van der Waals surface area (Å²) in [5, 5.41) is 0. The van der Waals surface area contributed by atoms with Crippen molar-refractivity contribution in [1.82, 2.24) is 0 Å². The second-order valence-electron chi connectivity index (χ2n) is 19.7. The minimum absolute atomic E-state index is 0.135. The van der Waals surface area contributed by atoms with Gasteiger partial charge >= 0.3 is 0 Å². The zero-order valence-corrected chi connectivity index (χ0v) is 37.5. The van der Waals surface area contributed by atoms with Crippen molar-refractivity contribution >= 4 is 17.1 Å². The molecule has 0 bridgehead atoms. The highest BCUT2D eigenvalue weighted by molar-refractivity contribution is 5.98. The quantitative estimate of drug-likeness (QED) is 0.161. The van der Waals surface area contributed by atoms with E-state index in [4.69, 9.17) is 0 Å². The van der Waals surface area contributed by atoms with Crippen molar-refractivity contribution in [3.05, 3.63) is 234 Å². The van der Waals surface area contributed by atoms with Gasteiger partial charge in [0.25, 0.3) is 0 Å². The maximum Gasteiger partial charge on any atom is 0.0543 e. The van der Waals surface area contributed by atoms with Gasteiger partial charge in [-0.05, 0) is 131 Å². The van der Waals surface area contributed by atoms with Crippen LogP contribution in [-0.2, 0) is 16.2 Å². The van der Waals surface area contributed by atoms with E-state index < -0.39 is 0 Å². The molecule has 3 aliphatic carbocycles. The van der Waals surface area contributed by atoms with Crippen LogP contribution in [0, 0.1) is 0 Å². The molecule has 12 rings (SSSR count). The Morgan fingerprint density at radius 2 is 0.734 bits per heavy atom. The average Bonchev–Trinajstić information content (AvgIpc) is 3.82. The van der Waals surface area contributed by atoms with Crippen molar-refractivity contribution in [3.63, 3.8) is 0 Å². The predicted octanol–water partition coefficient (Wildman–Crippen LogP) is 17.1. The highest BCUT2D eigenvalue weighted by Crippen LogP contribution is 2.57. The van der Waals surface area contributed by atoms with Crippen molar-refractivity contribution < 1.29 is 0 Å². The van der Waals surface area contributed by atoms with E-state index >= 15 is 0 Å². The molecule has 0 atom stereocenters. The molecule has 3 aliphatic rings. The standard InChI is InChI=1S/C63H51N/c1-61(2)55-33-18-34-57(58(55)52-36-35-41(39-56(52)61)40-19-8-7-9-20-40)64(44-23-14-21-42(37-44)46-27-16-29-50-48-25-10-12-31-53(48)62(3,4)59(46)50)45-24-15-22-43(38-45)47-28-17-30-51-49-26-11-13-32-54(49)63(5,6)60(47)51/h7-39H,1-6H3. The lowest BCUT2D eigenvalue weighted by Crippen LogP contribution is -2.17. The molecule has 0 unspecified atom stereocenters. The topological polar surface area (TPSA) is 3.24 Å². The second kappa shape index (κ2) is 13.9. The van der Waals surface area contributed by atoms with Gasteiger partial charge < -0.3 is 4.90 Å². The van der Waals surface area contributed by atoms with Crippen molar-refractivity contribution in [2.24, 2.45) is 0 Å². The Labute approximate surface area is 378 Å². The van der Waals surface area contributed by atoms with Gasteiger partial charge in [-0.25, -0.2) is 0 Å². The van der Waals surface area contributed by atoms with Gasteiger partial charge in [0.2, 0.25) is 0 Å². The highest BCUT2D eigenvalue weighted by Gasteiger charge is 2.41. The molecular formula is C63H51N. The molecule has 9 aromatic rings. The van der Waals surface area contributed by atoms with Crippen LogP contribution in [0.25, 0.3) is 66.8 Å². The van der Waals surface area contributed by atoms with Crippen LogP contribution in [0.5, 0.6) is 0 Å². The molecule has 0 heterocycles. The fraction of sp³-hybridized carbons (Fsp3) is 0.143. The smallest absolute Gasteiger partial charge is 0.0543 e. The zero-order valence-electron chi connectivity index (χ0n) is 37.5. The van der Waals surface area contributed by atoms with E-state index in [1.165, 1.54) is 106 Å². The summed E-state index contributed by atoms with van der Waals surface area (Å²) in [6, 6.07) is 75.1. The fourth-order valence-electron chi connectivity index (χ4n) is 12.0. The minimum atomic E-state index is -0.197. The Bertz CT molecular complexity index is 3210. The second-order valence-corrected chi connectivity index (χ2v) is 19.7. The first-order valence-electron chi connectivity index (χ1n) is 22.8. The summed E-state index contributed by atoms with van der Waals surface area (Å²) in [7, 11) is 0. The predicted molar refractivity (Wildman–Crippen MR) is 270 cm³/mol. The van der Waals surface area contributed by atoms with Crippen LogP contribution in [0.1, 0.15) is 74.9 Å². The molecule has 0 saturated carbocycles. The van der Waals surface area contributed by atoms with E-state index in [0.717, 1.165) is 11.4 Å². The van der Waals surface area contributed by atoms with Gasteiger partial charge in [0, 0.05) is 33.2 Å². The molecule has 0 aliphatic heterocycles. The molecule has 0 saturated heterocycles. The van der Waals surface area contributed by atoms with Gasteiger partial charge in [0.05, 0.1) is 5.69 Å². The van der Waals surface area contributed by atoms with Gasteiger partial charge in [0.1, 0.15) is 0 Å². The first-order chi connectivity index (χ1) is 31.0. The lowest BCUT2D eigenvalue weighted by Gasteiger charge is -2.30. The van der Waals surface area contributed by atoms with Gasteiger partial charge in [-0.1, -0.05) is 205 Å². The SMILES string of the molecule is CC1(C)c2cc(-c3ccccc3)ccc2-c2c(N(c3cccc(-c4cccc5c4C(C)(C)c4ccccc4-5)c3)c3cccc(-c4cccc5c4C(C)(C)c4ccccc4-5)c3)cccc21. The number of rotatable bonds is 6. The van der Waals surface area contributed by atoms with Gasteiger partial charge in [-0.3, -0.25) is 0 Å². The van der Waals surface area contributed by atoms with Gasteiger partial charge in [-0.2, -0.15) is 0 Å². The molecule has 0 aromatic heterocycles. The van der Waals surface area contributed by atoms with E-state index in [1.54, 1.807) is 0 Å². The molecule has 9 aromatic carbocycles. The lowest BCUT2D eigenvalue weighted by atomic mass is 9.78. The van der Waals surface area contributed by atoms with Crippen molar-refractivity contribution in [1.29, 1.82) is 0 Å². The number of anilines is 3. The molecule has 1 nitrogen and oxygen atoms in total. The Morgan fingerprint density at radius 1 is 0.281 bits per heavy atom. The summed E-state index contributed by atoms with van der Waals surface area (Å²) in [5.41, 5.74) is 26.7. The van der Waals surface area contributed by atoms with Crippen LogP contribution in [-0.4, -0.2) is 0 Å². The molecule has 308 valence electrons. The monoisotopic (exact) mass is 821 g/mol. The third-order valence-electron chi connectivity index (χ3n) is 15.0. The zero-order chi connectivity index (χ0) is 43.5. The van der Waals surface area contributed by atoms with Gasteiger partial charge in [0.15, 0.2) is 0 Å². The molecular weight excluding hydrogens is 771 g/mol. The van der Waals surface area contributed by atoms with E-state index in [2.05, 4.69) is 247 Å². The first-order valence-corrected chi connectivity index (χ1v) is 22.8. The number of benzene rings is 9. The summed E-state index contributed by atoms with van der Waals surface area (Å²) in [5.74, 6) is 0. The Kier molecular flexibility index (Phi) is 8.35. The summed E-state index contributed by atoms with van der Waals surface area (Å²) in [6.45, 7) is 14.3. The Hall–Kier alpha value is -7.22. The van der Waals surface area contributed by atoms with E-state index in [1.807, 2.05) is 0 Å². The summed E-state index contributed by atoms with van der Waals surface area (Å²) in [4.78, 5) is 2.54. The third-order valence-corrected chi connectivity index (χ3v) is 15.0. The molecule has 0 N–H and O–H groups in total. The highest BCUT2D eigenvalue weighted by atomic mass is 15.1. The van der Waals surface area contributed by atoms with Crippen LogP contribution < -0.4 is 4.90 Å². The summed E-state index contributed by atoms with van der Waals surface area (Å²) >= 11 is 0. The molecule has 0 amide bonds. The minimum Gasteiger partial charge on any atom is -0.310 e. The maximum atomic E-state index is 2.54. The van der Waals surface area contributed by atoms with Gasteiger partial charge in [-0.15, -0.1) is 0 Å². The Morgan fingerprint density at radius 3 is 1.31 bits per heavy atom. The number of hydrogen-bond donors (Lipinski definition) is 0. The van der Waals surface area contributed by atoms with Crippen molar-refractivity contribution in [3.8, 4) is 66.8 Å². The van der Waals surface area contributed by atoms with Crippen molar-refractivity contribution in [2.45, 2.75) is 57.8 Å². The fourth-order valence-corrected chi connectivity index (χ4v) is 12.0. The Balaban J connectivity index is 1.07. The van der Waals surface area contributed by atoms with E-state index in [9.17, 15) is 0 Å². The number of nitrogens with zero attached hydrogens (tertiary/aromatic N) is 1. The van der Waals surface area contributed by atoms with Crippen LogP contribution in [0.4, 0.5) is 17.1 Å². The summed E-state index contributed by atoms with van der Waals surface area (Å²) < 4.78 is 0. The largest absolute Gasteiger partial charge is 0.310 e. The number of fused-ring (bicyclic) bond motifs is 9. The lowest BCUT2D eigenvalue weighted by molar-refractivity contribution is 0.660. The van der Waals surface area contributed by atoms with Crippen LogP contribution in [0.3, 0.4) is 0 Å². The molecule has 1 heteroatoms. The molecule has 0 fully saturated rings. The van der Waals surface area contributed by atoms with E-state index in [0.29, 0.717) is 0 Å². The van der Waals surface area contributed by atoms with Crippen LogP contribution in [0.15, 0.2) is 200 Å². The average molecular weight is 822 g/mol. The van der Waals surface area contributed by atoms with Crippen LogP contribution in [0.2, 0.25) is 0 Å². The molecule has 0 radical (unpaired) electrons. The first kappa shape index (κ1) is 38.5. The third kappa shape index (κ3) is 5.50. The molecule has 64 heavy (non-hydrogen) atoms. The van der Waals surface area contributed by atoms with E-state index in [-0.39, 0.29) is 16.2 Å². The van der Waals surface area contributed by atoms with Crippen molar-refractivity contribution in [2.75, 3.05) is 4.90 Å². The summed E-state index contributed by atoms with van der Waals surface area (Å²) in [6.07, 6.45) is 0. The van der Waals surface area contributed by atoms with Crippen LogP contribution >= 0.6 is 0 Å². The number of hydrogen-bond acceptors (Lipinski definition) is 1. The molecule has 0 spiro atoms. The maximum absolute atomic E-state index is 2.54. The normalized spacial score (nSPS) is 15.1.